The average molecular weight is 436 g/mol. The molecule has 2 N–H and O–H groups in total. The van der Waals surface area contributed by atoms with E-state index < -0.39 is 15.9 Å². The van der Waals surface area contributed by atoms with Gasteiger partial charge in [-0.15, -0.1) is 16.2 Å². The largest absolute Gasteiger partial charge is 0.493 e. The highest BCUT2D eigenvalue weighted by atomic mass is 32.2. The lowest BCUT2D eigenvalue weighted by molar-refractivity contribution is 0.0949. The lowest BCUT2D eigenvalue weighted by Gasteiger charge is -2.11. The third-order valence-corrected chi connectivity index (χ3v) is 6.30. The maximum Gasteiger partial charge on any atom is 0.276 e. The summed E-state index contributed by atoms with van der Waals surface area (Å²) in [5.41, 5.74) is 2.93. The highest BCUT2D eigenvalue weighted by Gasteiger charge is 2.19. The van der Waals surface area contributed by atoms with Gasteiger partial charge in [-0.25, -0.2) is 12.8 Å². The molecule has 29 heavy (non-hydrogen) atoms. The fourth-order valence-corrected chi connectivity index (χ4v) is 4.21. The highest BCUT2D eigenvalue weighted by Crippen LogP contribution is 2.30. The van der Waals surface area contributed by atoms with Crippen LogP contribution in [0.5, 0.6) is 11.5 Å². The van der Waals surface area contributed by atoms with Crippen LogP contribution in [0.25, 0.3) is 10.4 Å². The summed E-state index contributed by atoms with van der Waals surface area (Å²) < 4.78 is 48.1. The molecule has 1 heterocycles. The molecule has 0 aliphatic rings. The van der Waals surface area contributed by atoms with Crippen molar-refractivity contribution in [2.45, 2.75) is 4.90 Å². The van der Waals surface area contributed by atoms with Crippen molar-refractivity contribution < 1.29 is 27.1 Å². The molecule has 0 aliphatic carbocycles. The molecule has 3 rings (SSSR count). The third kappa shape index (κ3) is 4.73. The lowest BCUT2D eigenvalue weighted by atomic mass is 10.2. The molecule has 0 saturated heterocycles. The van der Waals surface area contributed by atoms with Crippen molar-refractivity contribution in [3.63, 3.8) is 0 Å². The summed E-state index contributed by atoms with van der Waals surface area (Å²) >= 11 is 1.15. The van der Waals surface area contributed by atoms with Crippen molar-refractivity contribution in [2.24, 2.45) is 0 Å². The number of hydrogen-bond acceptors (Lipinski definition) is 6. The molecule has 3 aromatic rings. The molecule has 0 aliphatic heterocycles. The Labute approximate surface area is 171 Å². The maximum absolute atomic E-state index is 13.0. The molecule has 0 atom stereocenters. The quantitative estimate of drug-likeness (QED) is 0.555. The van der Waals surface area contributed by atoms with Crippen LogP contribution >= 0.6 is 11.3 Å². The number of ether oxygens (including phenoxy) is 2. The maximum atomic E-state index is 13.0. The molecule has 0 radical (unpaired) electrons. The Hall–Kier alpha value is -2.95. The van der Waals surface area contributed by atoms with Crippen molar-refractivity contribution >= 4 is 27.3 Å². The Bertz CT molecular complexity index is 1130. The van der Waals surface area contributed by atoms with E-state index in [-0.39, 0.29) is 16.5 Å². The second-order valence-electron chi connectivity index (χ2n) is 5.75. The van der Waals surface area contributed by atoms with Crippen molar-refractivity contribution in [2.75, 3.05) is 14.2 Å². The predicted octanol–water partition coefficient (Wildman–Crippen LogP) is 3.19. The van der Waals surface area contributed by atoms with Crippen LogP contribution < -0.4 is 19.7 Å². The molecule has 0 spiro atoms. The van der Waals surface area contributed by atoms with Crippen molar-refractivity contribution in [3.8, 4) is 21.9 Å². The molecular weight excluding hydrogens is 419 g/mol. The van der Waals surface area contributed by atoms with E-state index in [1.54, 1.807) is 24.3 Å². The van der Waals surface area contributed by atoms with E-state index in [9.17, 15) is 17.6 Å². The van der Waals surface area contributed by atoms with Crippen LogP contribution in [0.4, 0.5) is 4.39 Å². The van der Waals surface area contributed by atoms with Crippen LogP contribution in [0.3, 0.4) is 0 Å². The van der Waals surface area contributed by atoms with Gasteiger partial charge in [0, 0.05) is 10.9 Å². The fourth-order valence-electron chi connectivity index (χ4n) is 2.45. The van der Waals surface area contributed by atoms with Crippen LogP contribution in [0.2, 0.25) is 0 Å². The summed E-state index contributed by atoms with van der Waals surface area (Å²) in [6.45, 7) is 0. The summed E-state index contributed by atoms with van der Waals surface area (Å²) in [4.78, 5) is 15.3. The van der Waals surface area contributed by atoms with Gasteiger partial charge >= 0.3 is 0 Å². The van der Waals surface area contributed by atoms with Gasteiger partial charge in [0.2, 0.25) is 0 Å². The van der Waals surface area contributed by atoms with Gasteiger partial charge < -0.3 is 9.47 Å². The van der Waals surface area contributed by atoms with Gasteiger partial charge in [-0.3, -0.25) is 10.2 Å². The van der Waals surface area contributed by atoms with Gasteiger partial charge in [-0.1, -0.05) is 12.1 Å². The van der Waals surface area contributed by atoms with E-state index >= 15 is 0 Å². The highest BCUT2D eigenvalue weighted by molar-refractivity contribution is 7.89. The number of rotatable bonds is 7. The first-order valence-electron chi connectivity index (χ1n) is 8.24. The number of hydrogen-bond donors (Lipinski definition) is 2. The Kier molecular flexibility index (Phi) is 6.16. The van der Waals surface area contributed by atoms with Crippen molar-refractivity contribution in [1.29, 1.82) is 0 Å². The lowest BCUT2D eigenvalue weighted by Crippen LogP contribution is -2.41. The SMILES string of the molecule is COc1ccc(S(=O)(=O)NNC(=O)c2ccc(-c3ccc(F)cc3)s2)cc1OC. The molecular formula is C19H17FN2O5S2. The Morgan fingerprint density at radius 3 is 2.31 bits per heavy atom. The number of nitrogens with one attached hydrogen (secondary N) is 2. The fraction of sp³-hybridized carbons (Fsp3) is 0.105. The summed E-state index contributed by atoms with van der Waals surface area (Å²) in [5.74, 6) is -0.355. The molecule has 0 unspecified atom stereocenters. The van der Waals surface area contributed by atoms with Crippen LogP contribution in [-0.4, -0.2) is 28.5 Å². The number of methoxy groups -OCH3 is 2. The second kappa shape index (κ2) is 8.60. The summed E-state index contributed by atoms with van der Waals surface area (Å²) in [5, 5.41) is 0. The van der Waals surface area contributed by atoms with Gasteiger partial charge in [-0.05, 0) is 42.0 Å². The molecule has 10 heteroatoms. The minimum absolute atomic E-state index is 0.103. The summed E-state index contributed by atoms with van der Waals surface area (Å²) in [6, 6.07) is 13.2. The first-order valence-corrected chi connectivity index (χ1v) is 10.5. The van der Waals surface area contributed by atoms with Crippen molar-refractivity contribution in [3.05, 3.63) is 65.3 Å². The normalized spacial score (nSPS) is 11.1. The topological polar surface area (TPSA) is 93.7 Å². The number of benzene rings is 2. The predicted molar refractivity (Wildman–Crippen MR) is 107 cm³/mol. The number of hydrazine groups is 1. The van der Waals surface area contributed by atoms with Gasteiger partial charge in [0.15, 0.2) is 11.5 Å². The van der Waals surface area contributed by atoms with Gasteiger partial charge in [0.1, 0.15) is 5.82 Å². The molecule has 0 bridgehead atoms. The average Bonchev–Trinajstić information content (AvgIpc) is 3.22. The van der Waals surface area contributed by atoms with Gasteiger partial charge in [-0.2, -0.15) is 0 Å². The minimum atomic E-state index is -4.03. The Morgan fingerprint density at radius 1 is 0.966 bits per heavy atom. The Morgan fingerprint density at radius 2 is 1.66 bits per heavy atom. The van der Waals surface area contributed by atoms with Gasteiger partial charge in [0.05, 0.1) is 24.0 Å². The van der Waals surface area contributed by atoms with Gasteiger partial charge in [0.25, 0.3) is 15.9 Å². The van der Waals surface area contributed by atoms with E-state index in [0.29, 0.717) is 10.6 Å². The standard InChI is InChI=1S/C19H17FN2O5S2/c1-26-15-8-7-14(11-16(15)27-2)29(24,25)22-21-19(23)18-10-9-17(28-18)12-3-5-13(20)6-4-12/h3-11,22H,1-2H3,(H,21,23). The number of thiophene rings is 1. The Balaban J connectivity index is 1.71. The monoisotopic (exact) mass is 436 g/mol. The zero-order valence-electron chi connectivity index (χ0n) is 15.4. The van der Waals surface area contributed by atoms with E-state index in [1.165, 1.54) is 44.6 Å². The number of amides is 1. The molecule has 0 saturated carbocycles. The first kappa shape index (κ1) is 20.8. The molecule has 1 amide bonds. The van der Waals surface area contributed by atoms with Crippen molar-refractivity contribution in [1.82, 2.24) is 10.3 Å². The van der Waals surface area contributed by atoms with Crippen LogP contribution in [-0.2, 0) is 10.0 Å². The van der Waals surface area contributed by atoms with Crippen LogP contribution in [0.15, 0.2) is 59.5 Å². The number of halogens is 1. The minimum Gasteiger partial charge on any atom is -0.493 e. The summed E-state index contributed by atoms with van der Waals surface area (Å²) in [6.07, 6.45) is 0. The third-order valence-electron chi connectivity index (χ3n) is 3.92. The first-order chi connectivity index (χ1) is 13.8. The van der Waals surface area contributed by atoms with Crippen LogP contribution in [0, 0.1) is 5.82 Å². The smallest absolute Gasteiger partial charge is 0.276 e. The number of sulfonamides is 1. The molecule has 1 aromatic heterocycles. The van der Waals surface area contributed by atoms with Crippen LogP contribution in [0.1, 0.15) is 9.67 Å². The number of carbonyl (C=O) groups is 1. The van der Waals surface area contributed by atoms with E-state index in [1.807, 2.05) is 0 Å². The molecule has 152 valence electrons. The van der Waals surface area contributed by atoms with E-state index in [0.717, 1.165) is 21.8 Å². The van der Waals surface area contributed by atoms with E-state index in [2.05, 4.69) is 10.3 Å². The summed E-state index contributed by atoms with van der Waals surface area (Å²) in [7, 11) is -1.20. The molecule has 7 nitrogen and oxygen atoms in total. The second-order valence-corrected chi connectivity index (χ2v) is 8.51. The number of carbonyl (C=O) groups excluding carboxylic acids is 1. The molecule has 0 fully saturated rings. The zero-order valence-corrected chi connectivity index (χ0v) is 17.1. The molecule has 2 aromatic carbocycles. The van der Waals surface area contributed by atoms with E-state index in [4.69, 9.17) is 9.47 Å². The zero-order chi connectivity index (χ0) is 21.0.